The highest BCUT2D eigenvalue weighted by atomic mass is 32.2. The molecule has 1 aliphatic rings. The van der Waals surface area contributed by atoms with Crippen LogP contribution in [-0.2, 0) is 0 Å². The molecular weight excluding hydrogens is 173 g/mol. The topological polar surface area (TPSA) is 12.0 Å². The van der Waals surface area contributed by atoms with Gasteiger partial charge in [-0.25, -0.2) is 4.39 Å². The van der Waals surface area contributed by atoms with Crippen molar-refractivity contribution in [1.82, 2.24) is 5.32 Å². The third-order valence-corrected chi connectivity index (χ3v) is 3.08. The van der Waals surface area contributed by atoms with Gasteiger partial charge in [-0.05, 0) is 17.7 Å². The molecule has 0 spiro atoms. The van der Waals surface area contributed by atoms with Gasteiger partial charge in [0.25, 0.3) is 0 Å². The lowest BCUT2D eigenvalue weighted by atomic mass is 10.2. The van der Waals surface area contributed by atoms with E-state index in [9.17, 15) is 4.39 Å². The quantitative estimate of drug-likeness (QED) is 0.716. The fraction of sp³-hybridized carbons (Fsp3) is 0.333. The highest BCUT2D eigenvalue weighted by molar-refractivity contribution is 7.99. The minimum absolute atomic E-state index is 0.151. The van der Waals surface area contributed by atoms with Crippen molar-refractivity contribution < 1.29 is 4.39 Å². The Bertz CT molecular complexity index is 271. The van der Waals surface area contributed by atoms with Crippen LogP contribution in [0.4, 0.5) is 4.39 Å². The average molecular weight is 183 g/mol. The van der Waals surface area contributed by atoms with E-state index in [-0.39, 0.29) is 5.82 Å². The fourth-order valence-electron chi connectivity index (χ4n) is 1.31. The zero-order chi connectivity index (χ0) is 8.39. The summed E-state index contributed by atoms with van der Waals surface area (Å²) in [6.45, 7) is 1.02. The van der Waals surface area contributed by atoms with E-state index in [4.69, 9.17) is 0 Å². The first-order valence-corrected chi connectivity index (χ1v) is 5.01. The predicted molar refractivity (Wildman–Crippen MR) is 49.6 cm³/mol. The van der Waals surface area contributed by atoms with Gasteiger partial charge in [0.15, 0.2) is 0 Å². The number of hydrogen-bond acceptors (Lipinski definition) is 2. The van der Waals surface area contributed by atoms with E-state index in [0.29, 0.717) is 5.37 Å². The van der Waals surface area contributed by atoms with Gasteiger partial charge in [0.1, 0.15) is 5.82 Å². The summed E-state index contributed by atoms with van der Waals surface area (Å²) in [7, 11) is 0. The molecule has 1 nitrogen and oxygen atoms in total. The average Bonchev–Trinajstić information content (AvgIpc) is 2.56. The molecular formula is C9H10FNS. The normalized spacial score (nSPS) is 22.9. The Morgan fingerprint density at radius 1 is 1.50 bits per heavy atom. The van der Waals surface area contributed by atoms with Crippen LogP contribution in [0.2, 0.25) is 0 Å². The Balaban J connectivity index is 2.21. The summed E-state index contributed by atoms with van der Waals surface area (Å²) in [6.07, 6.45) is 0. The summed E-state index contributed by atoms with van der Waals surface area (Å²) >= 11 is 1.83. The van der Waals surface area contributed by atoms with Crippen molar-refractivity contribution in [2.45, 2.75) is 5.37 Å². The SMILES string of the molecule is Fc1cccc([C@H]2NCCS2)c1. The number of benzene rings is 1. The van der Waals surface area contributed by atoms with E-state index in [1.165, 1.54) is 6.07 Å². The van der Waals surface area contributed by atoms with Gasteiger partial charge in [0, 0.05) is 12.3 Å². The Hall–Kier alpha value is -0.540. The number of nitrogens with one attached hydrogen (secondary N) is 1. The Labute approximate surface area is 75.4 Å². The van der Waals surface area contributed by atoms with Crippen molar-refractivity contribution in [3.05, 3.63) is 35.6 Å². The van der Waals surface area contributed by atoms with Gasteiger partial charge in [-0.15, -0.1) is 11.8 Å². The van der Waals surface area contributed by atoms with Gasteiger partial charge < -0.3 is 5.32 Å². The molecule has 1 saturated heterocycles. The second-order valence-electron chi connectivity index (χ2n) is 2.76. The molecule has 1 fully saturated rings. The molecule has 1 atom stereocenters. The fourth-order valence-corrected chi connectivity index (χ4v) is 2.36. The largest absolute Gasteiger partial charge is 0.301 e. The highest BCUT2D eigenvalue weighted by Gasteiger charge is 2.16. The molecule has 0 amide bonds. The van der Waals surface area contributed by atoms with Crippen LogP contribution in [0.25, 0.3) is 0 Å². The zero-order valence-corrected chi connectivity index (χ0v) is 7.40. The van der Waals surface area contributed by atoms with Gasteiger partial charge in [-0.1, -0.05) is 12.1 Å². The Kier molecular flexibility index (Phi) is 2.33. The van der Waals surface area contributed by atoms with Gasteiger partial charge in [0.2, 0.25) is 0 Å². The summed E-state index contributed by atoms with van der Waals surface area (Å²) in [5, 5.41) is 3.59. The highest BCUT2D eigenvalue weighted by Crippen LogP contribution is 2.29. The second kappa shape index (κ2) is 3.46. The first-order chi connectivity index (χ1) is 5.86. The second-order valence-corrected chi connectivity index (χ2v) is 3.97. The standard InChI is InChI=1S/C9H10FNS/c10-8-3-1-2-7(6-8)9-11-4-5-12-9/h1-3,6,9,11H,4-5H2/t9-/m0/s1. The molecule has 1 heterocycles. The number of thioether (sulfide) groups is 1. The summed E-state index contributed by atoms with van der Waals surface area (Å²) < 4.78 is 12.8. The zero-order valence-electron chi connectivity index (χ0n) is 6.59. The van der Waals surface area contributed by atoms with Crippen LogP contribution < -0.4 is 5.32 Å². The third kappa shape index (κ3) is 1.62. The van der Waals surface area contributed by atoms with Gasteiger partial charge in [0.05, 0.1) is 5.37 Å². The van der Waals surface area contributed by atoms with Crippen LogP contribution in [0.3, 0.4) is 0 Å². The molecule has 1 aliphatic heterocycles. The molecule has 0 radical (unpaired) electrons. The van der Waals surface area contributed by atoms with Crippen LogP contribution in [0.5, 0.6) is 0 Å². The molecule has 2 rings (SSSR count). The van der Waals surface area contributed by atoms with E-state index in [2.05, 4.69) is 5.32 Å². The van der Waals surface area contributed by atoms with Crippen molar-refractivity contribution in [1.29, 1.82) is 0 Å². The number of halogens is 1. The molecule has 0 unspecified atom stereocenters. The van der Waals surface area contributed by atoms with Crippen LogP contribution in [0, 0.1) is 5.82 Å². The maximum atomic E-state index is 12.8. The predicted octanol–water partition coefficient (Wildman–Crippen LogP) is 2.16. The third-order valence-electron chi connectivity index (χ3n) is 1.87. The lowest BCUT2D eigenvalue weighted by Gasteiger charge is -2.08. The molecule has 64 valence electrons. The van der Waals surface area contributed by atoms with E-state index >= 15 is 0 Å². The summed E-state index contributed by atoms with van der Waals surface area (Å²) in [5.74, 6) is 0.961. The van der Waals surface area contributed by atoms with E-state index in [0.717, 1.165) is 17.9 Å². The van der Waals surface area contributed by atoms with Gasteiger partial charge >= 0.3 is 0 Å². The van der Waals surface area contributed by atoms with E-state index < -0.39 is 0 Å². The first-order valence-electron chi connectivity index (χ1n) is 3.97. The molecule has 0 bridgehead atoms. The van der Waals surface area contributed by atoms with Crippen LogP contribution in [0.1, 0.15) is 10.9 Å². The van der Waals surface area contributed by atoms with Crippen molar-refractivity contribution in [3.63, 3.8) is 0 Å². The molecule has 3 heteroatoms. The lowest BCUT2D eigenvalue weighted by molar-refractivity contribution is 0.622. The summed E-state index contributed by atoms with van der Waals surface area (Å²) in [4.78, 5) is 0. The van der Waals surface area contributed by atoms with Crippen LogP contribution >= 0.6 is 11.8 Å². The van der Waals surface area contributed by atoms with Crippen molar-refractivity contribution in [2.24, 2.45) is 0 Å². The summed E-state index contributed by atoms with van der Waals surface area (Å²) in [6, 6.07) is 6.78. The van der Waals surface area contributed by atoms with E-state index in [1.54, 1.807) is 12.1 Å². The van der Waals surface area contributed by atoms with Crippen LogP contribution in [0.15, 0.2) is 24.3 Å². The monoisotopic (exact) mass is 183 g/mol. The Morgan fingerprint density at radius 3 is 3.08 bits per heavy atom. The van der Waals surface area contributed by atoms with Gasteiger partial charge in [-0.3, -0.25) is 0 Å². The molecule has 0 aliphatic carbocycles. The minimum atomic E-state index is -0.151. The maximum absolute atomic E-state index is 12.8. The molecule has 1 aromatic rings. The summed E-state index contributed by atoms with van der Waals surface area (Å²) in [5.41, 5.74) is 1.04. The number of hydrogen-bond donors (Lipinski definition) is 1. The van der Waals surface area contributed by atoms with E-state index in [1.807, 2.05) is 17.8 Å². The smallest absolute Gasteiger partial charge is 0.123 e. The molecule has 0 aromatic heterocycles. The van der Waals surface area contributed by atoms with Gasteiger partial charge in [-0.2, -0.15) is 0 Å². The minimum Gasteiger partial charge on any atom is -0.301 e. The first kappa shape index (κ1) is 8.08. The van der Waals surface area contributed by atoms with Crippen molar-refractivity contribution in [3.8, 4) is 0 Å². The molecule has 0 saturated carbocycles. The molecule has 1 N–H and O–H groups in total. The van der Waals surface area contributed by atoms with Crippen molar-refractivity contribution in [2.75, 3.05) is 12.3 Å². The maximum Gasteiger partial charge on any atom is 0.123 e. The molecule has 12 heavy (non-hydrogen) atoms. The lowest BCUT2D eigenvalue weighted by Crippen LogP contribution is -2.11. The number of rotatable bonds is 1. The van der Waals surface area contributed by atoms with Crippen molar-refractivity contribution >= 4 is 11.8 Å². The molecule has 1 aromatic carbocycles. The van der Waals surface area contributed by atoms with Crippen LogP contribution in [-0.4, -0.2) is 12.3 Å². The Morgan fingerprint density at radius 2 is 2.42 bits per heavy atom.